The Hall–Kier alpha value is -1.71. The van der Waals surface area contributed by atoms with E-state index in [4.69, 9.17) is 15.2 Å². The first-order valence-electron chi connectivity index (χ1n) is 8.71. The fourth-order valence-corrected chi connectivity index (χ4v) is 1.98. The smallest absolute Gasteiger partial charge is 0.408 e. The first-order valence-corrected chi connectivity index (χ1v) is 8.71. The van der Waals surface area contributed by atoms with Gasteiger partial charge in [0.1, 0.15) is 11.4 Å². The first kappa shape index (κ1) is 25.3. The number of benzene rings is 1. The molecular weight excluding hydrogens is 459 g/mol. The van der Waals surface area contributed by atoms with Crippen molar-refractivity contribution in [1.29, 1.82) is 0 Å². The number of guanidine groups is 1. The predicted molar refractivity (Wildman–Crippen MR) is 121 cm³/mol. The first-order chi connectivity index (χ1) is 11.9. The Labute approximate surface area is 179 Å². The quantitative estimate of drug-likeness (QED) is 0.315. The van der Waals surface area contributed by atoms with Crippen molar-refractivity contribution in [2.75, 3.05) is 11.9 Å². The van der Waals surface area contributed by atoms with Gasteiger partial charge in [-0.15, -0.1) is 24.0 Å². The maximum Gasteiger partial charge on any atom is 0.408 e. The van der Waals surface area contributed by atoms with E-state index in [1.165, 1.54) is 0 Å². The van der Waals surface area contributed by atoms with Gasteiger partial charge >= 0.3 is 6.09 Å². The highest BCUT2D eigenvalue weighted by molar-refractivity contribution is 14.0. The highest BCUT2D eigenvalue weighted by atomic mass is 127. The summed E-state index contributed by atoms with van der Waals surface area (Å²) < 4.78 is 10.9. The fourth-order valence-electron chi connectivity index (χ4n) is 1.98. The van der Waals surface area contributed by atoms with Crippen molar-refractivity contribution < 1.29 is 14.3 Å². The van der Waals surface area contributed by atoms with Crippen molar-refractivity contribution in [3.8, 4) is 5.75 Å². The fraction of sp³-hybridized carbons (Fsp3) is 0.579. The average Bonchev–Trinajstić information content (AvgIpc) is 2.44. The van der Waals surface area contributed by atoms with Gasteiger partial charge in [0.2, 0.25) is 0 Å². The second kappa shape index (κ2) is 10.6. The summed E-state index contributed by atoms with van der Waals surface area (Å²) in [4.78, 5) is 16.2. The summed E-state index contributed by atoms with van der Waals surface area (Å²) in [7, 11) is 0. The van der Waals surface area contributed by atoms with Gasteiger partial charge in [-0.2, -0.15) is 0 Å². The molecule has 0 unspecified atom stereocenters. The van der Waals surface area contributed by atoms with Crippen molar-refractivity contribution in [1.82, 2.24) is 5.32 Å². The second-order valence-electron chi connectivity index (χ2n) is 8.03. The third kappa shape index (κ3) is 11.6. The highest BCUT2D eigenvalue weighted by Gasteiger charge is 2.24. The van der Waals surface area contributed by atoms with E-state index in [9.17, 15) is 4.79 Å². The monoisotopic (exact) mass is 492 g/mol. The normalized spacial score (nSPS) is 12.2. The lowest BCUT2D eigenvalue weighted by atomic mass is 10.1. The Morgan fingerprint density at radius 3 is 2.19 bits per heavy atom. The number of carbonyl (C=O) groups is 1. The highest BCUT2D eigenvalue weighted by Crippen LogP contribution is 2.17. The van der Waals surface area contributed by atoms with Crippen LogP contribution in [0.3, 0.4) is 0 Å². The number of alkyl carbamates (subject to hydrolysis) is 1. The number of rotatable bonds is 6. The second-order valence-corrected chi connectivity index (χ2v) is 8.03. The molecule has 0 aromatic heterocycles. The topological polar surface area (TPSA) is 98.0 Å². The van der Waals surface area contributed by atoms with Gasteiger partial charge in [-0.25, -0.2) is 4.79 Å². The van der Waals surface area contributed by atoms with Crippen LogP contribution < -0.4 is 21.1 Å². The number of nitrogens with two attached hydrogens (primary N) is 1. The van der Waals surface area contributed by atoms with E-state index < -0.39 is 17.2 Å². The summed E-state index contributed by atoms with van der Waals surface area (Å²) >= 11 is 0. The Kier molecular flexibility index (Phi) is 9.91. The van der Waals surface area contributed by atoms with Crippen molar-refractivity contribution in [2.24, 2.45) is 10.7 Å². The molecule has 1 amide bonds. The maximum absolute atomic E-state index is 11.9. The summed E-state index contributed by atoms with van der Waals surface area (Å²) in [5.41, 5.74) is 5.59. The lowest BCUT2D eigenvalue weighted by Crippen LogP contribution is -2.48. The molecule has 0 saturated heterocycles. The number of nitrogens with zero attached hydrogens (tertiary/aromatic N) is 1. The van der Waals surface area contributed by atoms with Gasteiger partial charge in [0.25, 0.3) is 0 Å². The molecule has 0 aliphatic heterocycles. The number of amides is 1. The molecule has 8 heteroatoms. The van der Waals surface area contributed by atoms with Crippen LogP contribution in [0.4, 0.5) is 10.5 Å². The van der Waals surface area contributed by atoms with Crippen LogP contribution in [-0.2, 0) is 4.74 Å². The van der Waals surface area contributed by atoms with Crippen LogP contribution in [0.25, 0.3) is 0 Å². The Morgan fingerprint density at radius 1 is 1.15 bits per heavy atom. The largest absolute Gasteiger partial charge is 0.491 e. The molecular formula is C19H33IN4O3. The Morgan fingerprint density at radius 2 is 1.70 bits per heavy atom. The third-order valence-electron chi connectivity index (χ3n) is 2.98. The SMILES string of the molecule is CC(C)Oc1ccc(NC(N)=NCC(C)(C)NC(=O)OC(C)(C)C)cc1.I. The van der Waals surface area contributed by atoms with Crippen LogP contribution in [-0.4, -0.2) is 35.8 Å². The van der Waals surface area contributed by atoms with Crippen LogP contribution in [0.1, 0.15) is 48.5 Å². The van der Waals surface area contributed by atoms with E-state index in [1.54, 1.807) is 0 Å². The zero-order chi connectivity index (χ0) is 20.0. The minimum absolute atomic E-state index is 0. The van der Waals surface area contributed by atoms with Crippen molar-refractivity contribution in [3.63, 3.8) is 0 Å². The van der Waals surface area contributed by atoms with E-state index in [0.29, 0.717) is 6.54 Å². The Bertz CT molecular complexity index is 623. The number of ether oxygens (including phenoxy) is 2. The lowest BCUT2D eigenvalue weighted by molar-refractivity contribution is 0.0476. The van der Waals surface area contributed by atoms with Gasteiger partial charge in [0.05, 0.1) is 18.2 Å². The van der Waals surface area contributed by atoms with Gasteiger partial charge in [-0.1, -0.05) is 0 Å². The van der Waals surface area contributed by atoms with E-state index in [1.807, 2.05) is 72.7 Å². The van der Waals surface area contributed by atoms with Crippen LogP contribution in [0.2, 0.25) is 0 Å². The van der Waals surface area contributed by atoms with Crippen LogP contribution in [0.15, 0.2) is 29.3 Å². The number of carbonyl (C=O) groups excluding carboxylic acids is 1. The summed E-state index contributed by atoms with van der Waals surface area (Å²) in [6.45, 7) is 13.4. The van der Waals surface area contributed by atoms with Crippen molar-refractivity contribution in [3.05, 3.63) is 24.3 Å². The van der Waals surface area contributed by atoms with Crippen LogP contribution in [0, 0.1) is 0 Å². The number of nitrogens with one attached hydrogen (secondary N) is 2. The molecule has 154 valence electrons. The molecule has 1 rings (SSSR count). The molecule has 7 nitrogen and oxygen atoms in total. The van der Waals surface area contributed by atoms with Gasteiger partial charge < -0.3 is 25.8 Å². The summed E-state index contributed by atoms with van der Waals surface area (Å²) in [6.07, 6.45) is -0.356. The van der Waals surface area contributed by atoms with E-state index in [-0.39, 0.29) is 36.0 Å². The number of hydrogen-bond acceptors (Lipinski definition) is 4. The predicted octanol–water partition coefficient (Wildman–Crippen LogP) is 4.12. The van der Waals surface area contributed by atoms with E-state index >= 15 is 0 Å². The number of aliphatic imine (C=N–C) groups is 1. The molecule has 0 atom stereocenters. The number of halogens is 1. The van der Waals surface area contributed by atoms with Gasteiger partial charge in [0.15, 0.2) is 5.96 Å². The summed E-state index contributed by atoms with van der Waals surface area (Å²) in [5, 5.41) is 5.80. The van der Waals surface area contributed by atoms with E-state index in [2.05, 4.69) is 15.6 Å². The molecule has 0 spiro atoms. The number of hydrogen-bond donors (Lipinski definition) is 3. The molecule has 0 heterocycles. The summed E-state index contributed by atoms with van der Waals surface area (Å²) in [6, 6.07) is 7.46. The lowest BCUT2D eigenvalue weighted by Gasteiger charge is -2.27. The minimum Gasteiger partial charge on any atom is -0.491 e. The van der Waals surface area contributed by atoms with Crippen molar-refractivity contribution in [2.45, 2.75) is 65.7 Å². The minimum atomic E-state index is -0.594. The molecule has 0 bridgehead atoms. The molecule has 0 fully saturated rings. The zero-order valence-corrected chi connectivity index (χ0v) is 19.6. The number of anilines is 1. The molecule has 0 saturated carbocycles. The van der Waals surface area contributed by atoms with Gasteiger partial charge in [0, 0.05) is 5.69 Å². The third-order valence-corrected chi connectivity index (χ3v) is 2.98. The Balaban J connectivity index is 0.00000676. The van der Waals surface area contributed by atoms with Gasteiger partial charge in [-0.3, -0.25) is 4.99 Å². The van der Waals surface area contributed by atoms with Crippen LogP contribution >= 0.6 is 24.0 Å². The molecule has 0 radical (unpaired) electrons. The summed E-state index contributed by atoms with van der Waals surface area (Å²) in [5.74, 6) is 1.06. The molecule has 1 aromatic rings. The molecule has 1 aromatic carbocycles. The molecule has 0 aliphatic carbocycles. The maximum atomic E-state index is 11.9. The van der Waals surface area contributed by atoms with Crippen molar-refractivity contribution >= 4 is 41.7 Å². The van der Waals surface area contributed by atoms with Gasteiger partial charge in [-0.05, 0) is 72.7 Å². The molecule has 4 N–H and O–H groups in total. The van der Waals surface area contributed by atoms with E-state index in [0.717, 1.165) is 11.4 Å². The molecule has 0 aliphatic rings. The van der Waals surface area contributed by atoms with Crippen LogP contribution in [0.5, 0.6) is 5.75 Å². The standard InChI is InChI=1S/C19H32N4O3.HI/c1-13(2)25-15-10-8-14(9-11-15)22-16(20)21-12-19(6,7)23-17(24)26-18(3,4)5;/h8-11,13H,12H2,1-7H3,(H,23,24)(H3,20,21,22);1H. The average molecular weight is 492 g/mol. The molecule has 27 heavy (non-hydrogen) atoms. The zero-order valence-electron chi connectivity index (χ0n) is 17.3.